The number of hydrogen-bond acceptors (Lipinski definition) is 7. The molecule has 0 aliphatic carbocycles. The fourth-order valence-corrected chi connectivity index (χ4v) is 5.23. The summed E-state index contributed by atoms with van der Waals surface area (Å²) in [5, 5.41) is 12.3. The Kier molecular flexibility index (Phi) is 6.73. The topological polar surface area (TPSA) is 98.2 Å². The summed E-state index contributed by atoms with van der Waals surface area (Å²) in [6.45, 7) is 0. The number of benzene rings is 3. The molecule has 0 bridgehead atoms. The fraction of sp³-hybridized carbons (Fsp3) is 0.0870. The molecular weight excluding hydrogens is 482 g/mol. The van der Waals surface area contributed by atoms with Gasteiger partial charge in [0.15, 0.2) is 9.84 Å². The molecule has 4 aromatic rings. The van der Waals surface area contributed by atoms with Gasteiger partial charge in [0, 0.05) is 16.1 Å². The van der Waals surface area contributed by atoms with Crippen LogP contribution in [0.25, 0.3) is 10.6 Å². The first kappa shape index (κ1) is 22.9. The van der Waals surface area contributed by atoms with Crippen LogP contribution in [-0.2, 0) is 15.6 Å². The van der Waals surface area contributed by atoms with Crippen molar-refractivity contribution in [2.75, 3.05) is 12.4 Å². The average molecular weight is 500 g/mol. The van der Waals surface area contributed by atoms with Gasteiger partial charge in [0.25, 0.3) is 5.91 Å². The molecule has 0 saturated carbocycles. The predicted octanol–water partition coefficient (Wildman–Crippen LogP) is 5.09. The van der Waals surface area contributed by atoms with Crippen LogP contribution < -0.4 is 10.1 Å². The number of carbonyl (C=O) groups excluding carboxylic acids is 1. The molecule has 0 fully saturated rings. The summed E-state index contributed by atoms with van der Waals surface area (Å²) in [6, 6.07) is 19.9. The molecule has 1 aromatic heterocycles. The molecule has 1 amide bonds. The molecule has 0 aliphatic rings. The van der Waals surface area contributed by atoms with Crippen molar-refractivity contribution in [1.29, 1.82) is 0 Å². The van der Waals surface area contributed by atoms with E-state index in [9.17, 15) is 13.2 Å². The maximum atomic E-state index is 12.6. The molecule has 3 aromatic carbocycles. The van der Waals surface area contributed by atoms with Crippen LogP contribution in [0.15, 0.2) is 77.7 Å². The highest BCUT2D eigenvalue weighted by Crippen LogP contribution is 2.28. The molecule has 10 heteroatoms. The monoisotopic (exact) mass is 499 g/mol. The third kappa shape index (κ3) is 5.57. The molecule has 4 rings (SSSR count). The van der Waals surface area contributed by atoms with Gasteiger partial charge >= 0.3 is 0 Å². The Bertz CT molecular complexity index is 1390. The number of nitrogens with zero attached hydrogens (tertiary/aromatic N) is 2. The number of methoxy groups -OCH3 is 1. The lowest BCUT2D eigenvalue weighted by atomic mass is 10.2. The van der Waals surface area contributed by atoms with Gasteiger partial charge < -0.3 is 4.74 Å². The van der Waals surface area contributed by atoms with Crippen molar-refractivity contribution in [1.82, 2.24) is 10.2 Å². The van der Waals surface area contributed by atoms with E-state index in [1.807, 2.05) is 0 Å². The van der Waals surface area contributed by atoms with Gasteiger partial charge in [-0.15, -0.1) is 10.2 Å². The molecule has 7 nitrogen and oxygen atoms in total. The minimum atomic E-state index is -3.49. The third-order valence-electron chi connectivity index (χ3n) is 4.71. The van der Waals surface area contributed by atoms with Crippen molar-refractivity contribution in [2.24, 2.45) is 0 Å². The van der Waals surface area contributed by atoms with Crippen LogP contribution in [0.5, 0.6) is 5.75 Å². The van der Waals surface area contributed by atoms with E-state index in [1.54, 1.807) is 60.7 Å². The number of sulfone groups is 1. The Hall–Kier alpha value is -3.27. The molecule has 0 saturated heterocycles. The number of amides is 1. The highest BCUT2D eigenvalue weighted by molar-refractivity contribution is 7.90. The maximum absolute atomic E-state index is 12.6. The molecule has 0 unspecified atom stereocenters. The second-order valence-corrected chi connectivity index (χ2v) is 10.4. The van der Waals surface area contributed by atoms with Crippen LogP contribution in [0.3, 0.4) is 0 Å². The van der Waals surface area contributed by atoms with Crippen LogP contribution >= 0.6 is 22.9 Å². The van der Waals surface area contributed by atoms with E-state index < -0.39 is 9.84 Å². The quantitative estimate of drug-likeness (QED) is 0.380. The van der Waals surface area contributed by atoms with Gasteiger partial charge in [0.05, 0.1) is 17.8 Å². The van der Waals surface area contributed by atoms with Gasteiger partial charge in [-0.1, -0.05) is 53.3 Å². The Morgan fingerprint density at radius 3 is 2.45 bits per heavy atom. The van der Waals surface area contributed by atoms with Crippen molar-refractivity contribution >= 4 is 43.8 Å². The highest BCUT2D eigenvalue weighted by Gasteiger charge is 2.16. The zero-order valence-electron chi connectivity index (χ0n) is 17.4. The molecule has 1 N–H and O–H groups in total. The lowest BCUT2D eigenvalue weighted by Crippen LogP contribution is -2.11. The summed E-state index contributed by atoms with van der Waals surface area (Å²) in [6.07, 6.45) is 0. The first-order valence-electron chi connectivity index (χ1n) is 9.70. The normalized spacial score (nSPS) is 11.2. The second-order valence-electron chi connectivity index (χ2n) is 7.01. The number of aromatic nitrogens is 2. The van der Waals surface area contributed by atoms with E-state index in [0.29, 0.717) is 32.0 Å². The van der Waals surface area contributed by atoms with Crippen LogP contribution in [0.2, 0.25) is 5.02 Å². The molecule has 1 heterocycles. The Morgan fingerprint density at radius 1 is 1.03 bits per heavy atom. The Balaban J connectivity index is 1.44. The van der Waals surface area contributed by atoms with E-state index >= 15 is 0 Å². The lowest BCUT2D eigenvalue weighted by Gasteiger charge is -2.05. The largest absolute Gasteiger partial charge is 0.497 e. The van der Waals surface area contributed by atoms with Crippen LogP contribution in [-0.4, -0.2) is 31.6 Å². The Morgan fingerprint density at radius 2 is 1.76 bits per heavy atom. The first-order valence-corrected chi connectivity index (χ1v) is 12.6. The minimum absolute atomic E-state index is 0.132. The standard InChI is InChI=1S/C23H18ClN3O4S2/c1-31-19-4-2-3-17(13-19)21(28)25-23-27-26-22(32-23)16-7-5-15(6-8-16)14-33(29,30)20-11-9-18(24)10-12-20/h2-13H,14H2,1H3,(H,25,27,28). The minimum Gasteiger partial charge on any atom is -0.497 e. The number of nitrogens with one attached hydrogen (secondary N) is 1. The van der Waals surface area contributed by atoms with Crippen LogP contribution in [0.1, 0.15) is 15.9 Å². The van der Waals surface area contributed by atoms with Gasteiger partial charge in [-0.3, -0.25) is 10.1 Å². The number of hydrogen-bond donors (Lipinski definition) is 1. The van der Waals surface area contributed by atoms with Gasteiger partial charge in [0.1, 0.15) is 10.8 Å². The summed E-state index contributed by atoms with van der Waals surface area (Å²) >= 11 is 7.06. The van der Waals surface area contributed by atoms with Crippen molar-refractivity contribution in [3.8, 4) is 16.3 Å². The molecule has 0 aliphatic heterocycles. The van der Waals surface area contributed by atoms with Crippen molar-refractivity contribution in [3.63, 3.8) is 0 Å². The van der Waals surface area contributed by atoms with Gasteiger partial charge in [-0.25, -0.2) is 8.42 Å². The van der Waals surface area contributed by atoms with E-state index in [4.69, 9.17) is 16.3 Å². The number of halogens is 1. The smallest absolute Gasteiger partial charge is 0.257 e. The van der Waals surface area contributed by atoms with E-state index in [2.05, 4.69) is 15.5 Å². The molecule has 33 heavy (non-hydrogen) atoms. The highest BCUT2D eigenvalue weighted by atomic mass is 35.5. The van der Waals surface area contributed by atoms with Gasteiger partial charge in [0.2, 0.25) is 5.13 Å². The van der Waals surface area contributed by atoms with E-state index in [-0.39, 0.29) is 16.6 Å². The number of anilines is 1. The Labute approximate surface area is 199 Å². The summed E-state index contributed by atoms with van der Waals surface area (Å²) in [5.74, 6) is 0.130. The second kappa shape index (κ2) is 9.70. The van der Waals surface area contributed by atoms with Crippen LogP contribution in [0, 0.1) is 0 Å². The van der Waals surface area contributed by atoms with Crippen molar-refractivity contribution in [3.05, 3.63) is 88.9 Å². The van der Waals surface area contributed by atoms with Crippen molar-refractivity contribution < 1.29 is 17.9 Å². The molecule has 0 spiro atoms. The summed E-state index contributed by atoms with van der Waals surface area (Å²) < 4.78 is 30.4. The number of ether oxygens (including phenoxy) is 1. The average Bonchev–Trinajstić information content (AvgIpc) is 3.28. The zero-order chi connectivity index (χ0) is 23.4. The predicted molar refractivity (Wildman–Crippen MR) is 129 cm³/mol. The van der Waals surface area contributed by atoms with Gasteiger partial charge in [-0.05, 0) is 48.0 Å². The number of carbonyl (C=O) groups is 1. The number of rotatable bonds is 7. The molecule has 168 valence electrons. The summed E-state index contributed by atoms with van der Waals surface area (Å²) in [5.41, 5.74) is 1.85. The first-order chi connectivity index (χ1) is 15.8. The summed E-state index contributed by atoms with van der Waals surface area (Å²) in [4.78, 5) is 12.7. The lowest BCUT2D eigenvalue weighted by molar-refractivity contribution is 0.102. The SMILES string of the molecule is COc1cccc(C(=O)Nc2nnc(-c3ccc(CS(=O)(=O)c4ccc(Cl)cc4)cc3)s2)c1. The maximum Gasteiger partial charge on any atom is 0.257 e. The molecule has 0 radical (unpaired) electrons. The van der Waals surface area contributed by atoms with Crippen LogP contribution in [0.4, 0.5) is 5.13 Å². The van der Waals surface area contributed by atoms with Gasteiger partial charge in [-0.2, -0.15) is 0 Å². The zero-order valence-corrected chi connectivity index (χ0v) is 19.7. The fourth-order valence-electron chi connectivity index (χ4n) is 3.01. The summed E-state index contributed by atoms with van der Waals surface area (Å²) in [7, 11) is -1.95. The molecular formula is C23H18ClN3O4S2. The van der Waals surface area contributed by atoms with E-state index in [1.165, 1.54) is 30.6 Å². The van der Waals surface area contributed by atoms with Crippen molar-refractivity contribution in [2.45, 2.75) is 10.6 Å². The van der Waals surface area contributed by atoms with E-state index in [0.717, 1.165) is 5.56 Å². The molecule has 0 atom stereocenters. The third-order valence-corrected chi connectivity index (χ3v) is 7.55.